The first kappa shape index (κ1) is 46.9. The molecule has 0 radical (unpaired) electrons. The number of carbonyl (C=O) groups excluding carboxylic acids is 2. The van der Waals surface area contributed by atoms with Crippen LogP contribution >= 0.6 is 46.4 Å². The van der Waals surface area contributed by atoms with Crippen molar-refractivity contribution in [2.24, 2.45) is 0 Å². The number of hydrogen-bond acceptors (Lipinski definition) is 12. The molecule has 0 aliphatic rings. The molecular weight excluding hydrogens is 906 g/mol. The van der Waals surface area contributed by atoms with Crippen LogP contribution in [0.2, 0.25) is 20.1 Å². The van der Waals surface area contributed by atoms with Gasteiger partial charge in [0.25, 0.3) is 11.8 Å². The van der Waals surface area contributed by atoms with Gasteiger partial charge in [0.05, 0.1) is 55.6 Å². The highest BCUT2D eigenvalue weighted by atomic mass is 35.5. The van der Waals surface area contributed by atoms with E-state index in [0.29, 0.717) is 54.6 Å². The van der Waals surface area contributed by atoms with Crippen LogP contribution in [0.25, 0.3) is 11.1 Å². The van der Waals surface area contributed by atoms with Gasteiger partial charge in [0.15, 0.2) is 0 Å². The van der Waals surface area contributed by atoms with Crippen molar-refractivity contribution in [3.63, 3.8) is 0 Å². The lowest BCUT2D eigenvalue weighted by Gasteiger charge is -2.17. The van der Waals surface area contributed by atoms with E-state index in [9.17, 15) is 30.3 Å². The molecule has 0 spiro atoms. The highest BCUT2D eigenvalue weighted by Gasteiger charge is 2.21. The Balaban J connectivity index is 1.21. The lowest BCUT2D eigenvalue weighted by atomic mass is 10.0. The minimum Gasteiger partial charge on any atom is -0.488 e. The summed E-state index contributed by atoms with van der Waals surface area (Å²) in [5.41, 5.74) is 4.40. The summed E-state index contributed by atoms with van der Waals surface area (Å²) in [6.45, 7) is -0.688. The van der Waals surface area contributed by atoms with Gasteiger partial charge in [-0.1, -0.05) is 82.8 Å². The number of amides is 2. The lowest BCUT2D eigenvalue weighted by molar-refractivity contribution is 0.0932. The van der Waals surface area contributed by atoms with Crippen LogP contribution in [0.1, 0.15) is 54.1 Å². The molecule has 6 rings (SSSR count). The van der Waals surface area contributed by atoms with Crippen molar-refractivity contribution in [3.05, 3.63) is 162 Å². The Kier molecular flexibility index (Phi) is 16.6. The number of hydrogen-bond donors (Lipinski definition) is 4. The summed E-state index contributed by atoms with van der Waals surface area (Å²) in [5, 5.41) is 43.1. The second-order valence-electron chi connectivity index (χ2n) is 13.6. The van der Waals surface area contributed by atoms with Crippen molar-refractivity contribution < 1.29 is 38.7 Å². The largest absolute Gasteiger partial charge is 0.488 e. The van der Waals surface area contributed by atoms with Gasteiger partial charge in [0.1, 0.15) is 61.6 Å². The fraction of sp³-hybridized carbons (Fsp3) is 0.174. The summed E-state index contributed by atoms with van der Waals surface area (Å²) < 4.78 is 24.3. The van der Waals surface area contributed by atoms with Crippen LogP contribution in [0.4, 0.5) is 0 Å². The summed E-state index contributed by atoms with van der Waals surface area (Å²) in [7, 11) is 0. The van der Waals surface area contributed by atoms with Gasteiger partial charge in [-0.05, 0) is 24.3 Å². The van der Waals surface area contributed by atoms with Crippen molar-refractivity contribution in [2.45, 2.75) is 26.4 Å². The van der Waals surface area contributed by atoms with Gasteiger partial charge in [-0.15, -0.1) is 0 Å². The normalized spacial score (nSPS) is 10.6. The third-order valence-electron chi connectivity index (χ3n) is 9.20. The molecular formula is C46H36Cl4N6O8. The van der Waals surface area contributed by atoms with Crippen molar-refractivity contribution in [3.8, 4) is 46.3 Å². The first-order chi connectivity index (χ1) is 31.0. The summed E-state index contributed by atoms with van der Waals surface area (Å²) in [5.74, 6) is -0.425. The number of halogens is 4. The Morgan fingerprint density at radius 2 is 0.969 bits per heavy atom. The van der Waals surface area contributed by atoms with Gasteiger partial charge in [0, 0.05) is 83.4 Å². The molecule has 0 fully saturated rings. The predicted octanol–water partition coefficient (Wildman–Crippen LogP) is 8.26. The minimum absolute atomic E-state index is 0.00478. The van der Waals surface area contributed by atoms with E-state index in [1.54, 1.807) is 48.5 Å². The number of carbonyl (C=O) groups is 2. The van der Waals surface area contributed by atoms with Crippen molar-refractivity contribution >= 4 is 58.2 Å². The standard InChI is InChI=1S/C46H36Cl4N6O8/c47-37-13-35(45(59)55-7-9-57)39(61-23-29-11-27(17-51)19-53-21-29)15-41(37)63-25-31-3-1-5-33(43(31)49)34-6-2-4-32(44(34)50)26-64-42-16-40(36(14-38(42)48)46(60)56-8-10-58)62-24-30-12-28(18-52)20-54-22-30/h1-6,11-16,19-22,57-58H,7-10,23-26H2,(H,55,59)(H,56,60). The Morgan fingerprint density at radius 3 is 1.36 bits per heavy atom. The number of nitriles is 2. The van der Waals surface area contributed by atoms with E-state index in [0.717, 1.165) is 0 Å². The SMILES string of the molecule is N#Cc1cncc(COc2cc(OCc3cccc(-c4cccc(COc5cc(OCc6cncc(C#N)c6)c(C(=O)NCCO)cc5Cl)c4Cl)c3Cl)c(Cl)cc2C(=O)NCCO)c1. The molecule has 4 N–H and O–H groups in total. The van der Waals surface area contributed by atoms with Crippen LogP contribution in [0.3, 0.4) is 0 Å². The summed E-state index contributed by atoms with van der Waals surface area (Å²) in [6.07, 6.45) is 5.91. The fourth-order valence-corrected chi connectivity index (χ4v) is 7.10. The van der Waals surface area contributed by atoms with E-state index in [2.05, 4.69) is 20.6 Å². The zero-order valence-corrected chi connectivity index (χ0v) is 36.6. The van der Waals surface area contributed by atoms with Gasteiger partial charge < -0.3 is 39.8 Å². The monoisotopic (exact) mass is 940 g/mol. The van der Waals surface area contributed by atoms with Gasteiger partial charge >= 0.3 is 0 Å². The molecule has 0 saturated carbocycles. The molecule has 64 heavy (non-hydrogen) atoms. The second kappa shape index (κ2) is 22.6. The first-order valence-electron chi connectivity index (χ1n) is 19.2. The van der Waals surface area contributed by atoms with E-state index < -0.39 is 11.8 Å². The molecule has 14 nitrogen and oxygen atoms in total. The number of aliphatic hydroxyl groups is 2. The van der Waals surface area contributed by atoms with E-state index in [4.69, 9.17) is 65.4 Å². The molecule has 2 amide bonds. The van der Waals surface area contributed by atoms with E-state index in [1.165, 1.54) is 49.1 Å². The number of aliphatic hydroxyl groups excluding tert-OH is 2. The molecule has 4 aromatic carbocycles. The molecule has 0 bridgehead atoms. The highest BCUT2D eigenvalue weighted by Crippen LogP contribution is 2.40. The van der Waals surface area contributed by atoms with Crippen LogP contribution in [0, 0.1) is 22.7 Å². The fourth-order valence-electron chi connectivity index (χ4n) is 6.10. The average molecular weight is 943 g/mol. The third-order valence-corrected chi connectivity index (χ3v) is 10.7. The molecule has 2 heterocycles. The smallest absolute Gasteiger partial charge is 0.255 e. The van der Waals surface area contributed by atoms with Gasteiger partial charge in [-0.3, -0.25) is 19.6 Å². The molecule has 0 saturated heterocycles. The molecule has 2 aromatic heterocycles. The van der Waals surface area contributed by atoms with Crippen LogP contribution in [0.5, 0.6) is 23.0 Å². The number of nitrogens with zero attached hydrogens (tertiary/aromatic N) is 4. The maximum Gasteiger partial charge on any atom is 0.255 e. The molecule has 6 aromatic rings. The van der Waals surface area contributed by atoms with Crippen molar-refractivity contribution in [1.29, 1.82) is 10.5 Å². The molecule has 18 heteroatoms. The number of rotatable bonds is 19. The average Bonchev–Trinajstić information content (AvgIpc) is 3.31. The van der Waals surface area contributed by atoms with Crippen molar-refractivity contribution in [1.82, 2.24) is 20.6 Å². The second-order valence-corrected chi connectivity index (χ2v) is 15.2. The topological polar surface area (TPSA) is 209 Å². The molecule has 0 aliphatic carbocycles. The Labute approximate surface area is 387 Å². The number of aromatic nitrogens is 2. The highest BCUT2D eigenvalue weighted by molar-refractivity contribution is 6.37. The maximum atomic E-state index is 13.0. The van der Waals surface area contributed by atoms with E-state index in [1.807, 2.05) is 12.1 Å². The zero-order valence-electron chi connectivity index (χ0n) is 33.5. The summed E-state index contributed by atoms with van der Waals surface area (Å²) >= 11 is 27.3. The number of benzene rings is 4. The van der Waals surface area contributed by atoms with Gasteiger partial charge in [-0.25, -0.2) is 0 Å². The van der Waals surface area contributed by atoms with E-state index in [-0.39, 0.29) is 96.9 Å². The Morgan fingerprint density at radius 1 is 0.562 bits per heavy atom. The molecule has 0 aliphatic heterocycles. The van der Waals surface area contributed by atoms with Crippen LogP contribution in [-0.4, -0.2) is 58.3 Å². The van der Waals surface area contributed by atoms with Gasteiger partial charge in [0.2, 0.25) is 0 Å². The number of pyridine rings is 2. The first-order valence-corrected chi connectivity index (χ1v) is 20.7. The quantitative estimate of drug-likeness (QED) is 0.0605. The molecule has 326 valence electrons. The zero-order chi connectivity index (χ0) is 45.6. The van der Waals surface area contributed by atoms with Crippen LogP contribution < -0.4 is 29.6 Å². The van der Waals surface area contributed by atoms with E-state index >= 15 is 0 Å². The molecule has 0 atom stereocenters. The minimum atomic E-state index is -0.533. The third kappa shape index (κ3) is 11.9. The van der Waals surface area contributed by atoms with Gasteiger partial charge in [-0.2, -0.15) is 10.5 Å². The summed E-state index contributed by atoms with van der Waals surface area (Å²) in [4.78, 5) is 34.1. The Hall–Kier alpha value is -6.62. The van der Waals surface area contributed by atoms with Crippen molar-refractivity contribution in [2.75, 3.05) is 26.3 Å². The Bertz CT molecular complexity index is 2580. The lowest BCUT2D eigenvalue weighted by Crippen LogP contribution is -2.27. The maximum absolute atomic E-state index is 13.0. The van der Waals surface area contributed by atoms with Crippen LogP contribution in [-0.2, 0) is 26.4 Å². The summed E-state index contributed by atoms with van der Waals surface area (Å²) in [6, 6.07) is 23.8. The van der Waals surface area contributed by atoms with Crippen LogP contribution in [0.15, 0.2) is 97.6 Å². The predicted molar refractivity (Wildman–Crippen MR) is 239 cm³/mol. The number of ether oxygens (including phenoxy) is 4. The number of nitrogens with one attached hydrogen (secondary N) is 2. The molecule has 0 unspecified atom stereocenters.